The number of ether oxygens (including phenoxy) is 3. The van der Waals surface area contributed by atoms with Crippen molar-refractivity contribution in [3.05, 3.63) is 51.9 Å². The summed E-state index contributed by atoms with van der Waals surface area (Å²) in [6, 6.07) is 6.76. The van der Waals surface area contributed by atoms with Crippen LogP contribution in [0.5, 0.6) is 23.0 Å². The van der Waals surface area contributed by atoms with Crippen LogP contribution < -0.4 is 20.4 Å². The van der Waals surface area contributed by atoms with Crippen molar-refractivity contribution in [3.63, 3.8) is 0 Å². The summed E-state index contributed by atoms with van der Waals surface area (Å²) < 4.78 is 20.4. The number of benzene rings is 2. The van der Waals surface area contributed by atoms with Crippen LogP contribution >= 0.6 is 0 Å². The van der Waals surface area contributed by atoms with Crippen molar-refractivity contribution in [2.24, 2.45) is 0 Å². The summed E-state index contributed by atoms with van der Waals surface area (Å²) in [4.78, 5) is 24.0. The van der Waals surface area contributed by atoms with Gasteiger partial charge in [-0.15, -0.1) is 0 Å². The Morgan fingerprint density at radius 1 is 1.00 bits per heavy atom. The number of methoxy groups -OCH3 is 3. The second kappa shape index (κ2) is 8.01. The topological polar surface area (TPSA) is 127 Å². The van der Waals surface area contributed by atoms with E-state index in [1.54, 1.807) is 6.07 Å². The third kappa shape index (κ3) is 3.88. The minimum atomic E-state index is -0.625. The lowest BCUT2D eigenvalue weighted by molar-refractivity contribution is 0.0601. The summed E-state index contributed by atoms with van der Waals surface area (Å²) in [7, 11) is 4.17. The Morgan fingerprint density at radius 2 is 1.66 bits per heavy atom. The Morgan fingerprint density at radius 3 is 2.31 bits per heavy atom. The van der Waals surface area contributed by atoms with E-state index in [-0.39, 0.29) is 23.4 Å². The Kier molecular flexibility index (Phi) is 5.49. The molecule has 3 aromatic rings. The molecule has 0 amide bonds. The molecule has 0 spiro atoms. The number of esters is 1. The van der Waals surface area contributed by atoms with E-state index in [0.29, 0.717) is 28.1 Å². The molecule has 29 heavy (non-hydrogen) atoms. The quantitative estimate of drug-likeness (QED) is 0.324. The molecular weight excluding hydrogens is 382 g/mol. The zero-order valence-corrected chi connectivity index (χ0v) is 15.9. The highest BCUT2D eigenvalue weighted by Gasteiger charge is 2.18. The van der Waals surface area contributed by atoms with Gasteiger partial charge in [0.2, 0.25) is 0 Å². The smallest absolute Gasteiger partial charge is 0.340 e. The minimum Gasteiger partial charge on any atom is -0.504 e. The van der Waals surface area contributed by atoms with Crippen LogP contribution in [0.4, 0.5) is 5.69 Å². The molecule has 2 aromatic carbocycles. The van der Waals surface area contributed by atoms with Crippen LogP contribution in [0.15, 0.2) is 39.5 Å². The summed E-state index contributed by atoms with van der Waals surface area (Å²) in [5.74, 6) is -0.603. The van der Waals surface area contributed by atoms with Gasteiger partial charge in [0.05, 0.1) is 32.6 Å². The molecule has 0 aliphatic heterocycles. The van der Waals surface area contributed by atoms with Crippen LogP contribution in [0.2, 0.25) is 0 Å². The number of hydrogen-bond acceptors (Lipinski definition) is 9. The Balaban J connectivity index is 2.04. The average molecular weight is 401 g/mol. The maximum atomic E-state index is 12.2. The van der Waals surface area contributed by atoms with Crippen LogP contribution in [0, 0.1) is 0 Å². The molecule has 0 saturated carbocycles. The zero-order chi connectivity index (χ0) is 21.1. The van der Waals surface area contributed by atoms with Gasteiger partial charge in [0.15, 0.2) is 23.0 Å². The maximum Gasteiger partial charge on any atom is 0.340 e. The fourth-order valence-corrected chi connectivity index (χ4v) is 2.89. The molecular formula is C20H19NO8. The average Bonchev–Trinajstić information content (AvgIpc) is 2.71. The van der Waals surface area contributed by atoms with Gasteiger partial charge in [-0.25, -0.2) is 9.59 Å². The van der Waals surface area contributed by atoms with Crippen molar-refractivity contribution in [2.45, 2.75) is 6.54 Å². The zero-order valence-electron chi connectivity index (χ0n) is 15.9. The molecule has 0 unspecified atom stereocenters. The van der Waals surface area contributed by atoms with Gasteiger partial charge in [-0.05, 0) is 11.6 Å². The normalized spacial score (nSPS) is 10.6. The monoisotopic (exact) mass is 401 g/mol. The summed E-state index contributed by atoms with van der Waals surface area (Å²) in [5.41, 5.74) is 0.568. The van der Waals surface area contributed by atoms with E-state index in [9.17, 15) is 19.8 Å². The summed E-state index contributed by atoms with van der Waals surface area (Å²) in [6.07, 6.45) is 0. The number of phenols is 2. The van der Waals surface area contributed by atoms with Gasteiger partial charge >= 0.3 is 11.6 Å². The first-order valence-electron chi connectivity index (χ1n) is 8.44. The van der Waals surface area contributed by atoms with Crippen molar-refractivity contribution in [1.82, 2.24) is 0 Å². The van der Waals surface area contributed by atoms with Crippen molar-refractivity contribution in [2.75, 3.05) is 26.6 Å². The van der Waals surface area contributed by atoms with Gasteiger partial charge in [-0.3, -0.25) is 0 Å². The number of carbonyl (C=O) groups excluding carboxylic acids is 1. The number of carbonyl (C=O) groups is 1. The molecule has 1 heterocycles. The second-order valence-electron chi connectivity index (χ2n) is 6.03. The Bertz CT molecular complexity index is 1140. The van der Waals surface area contributed by atoms with Crippen molar-refractivity contribution in [1.29, 1.82) is 0 Å². The Hall–Kier alpha value is -3.88. The van der Waals surface area contributed by atoms with Crippen LogP contribution in [-0.4, -0.2) is 37.5 Å². The lowest BCUT2D eigenvalue weighted by atomic mass is 10.1. The first-order valence-corrected chi connectivity index (χ1v) is 8.44. The second-order valence-corrected chi connectivity index (χ2v) is 6.03. The molecule has 1 aromatic heterocycles. The number of anilines is 1. The SMILES string of the molecule is COC(=O)c1cc(OC)c(OC)cc1NCc1cc(=O)oc2cc(O)c(O)cc12. The van der Waals surface area contributed by atoms with Gasteiger partial charge in [-0.1, -0.05) is 0 Å². The maximum absolute atomic E-state index is 12.2. The highest BCUT2D eigenvalue weighted by molar-refractivity contribution is 5.97. The molecule has 0 saturated heterocycles. The van der Waals surface area contributed by atoms with Gasteiger partial charge in [-0.2, -0.15) is 0 Å². The fraction of sp³-hybridized carbons (Fsp3) is 0.200. The summed E-state index contributed by atoms with van der Waals surface area (Å²) in [6.45, 7) is 0.103. The van der Waals surface area contributed by atoms with Gasteiger partial charge in [0.25, 0.3) is 0 Å². The van der Waals surface area contributed by atoms with Gasteiger partial charge < -0.3 is 34.2 Å². The lowest BCUT2D eigenvalue weighted by Gasteiger charge is -2.16. The molecule has 152 valence electrons. The van der Waals surface area contributed by atoms with Crippen molar-refractivity contribution >= 4 is 22.6 Å². The van der Waals surface area contributed by atoms with E-state index in [1.807, 2.05) is 0 Å². The first kappa shape index (κ1) is 19.9. The van der Waals surface area contributed by atoms with Crippen molar-refractivity contribution < 1.29 is 33.6 Å². The highest BCUT2D eigenvalue weighted by atomic mass is 16.5. The number of fused-ring (bicyclic) bond motifs is 1. The van der Waals surface area contributed by atoms with Crippen LogP contribution in [0.1, 0.15) is 15.9 Å². The fourth-order valence-electron chi connectivity index (χ4n) is 2.89. The predicted molar refractivity (Wildman–Crippen MR) is 104 cm³/mol. The first-order chi connectivity index (χ1) is 13.9. The number of hydrogen-bond donors (Lipinski definition) is 3. The lowest BCUT2D eigenvalue weighted by Crippen LogP contribution is -2.11. The molecule has 3 rings (SSSR count). The predicted octanol–water partition coefficient (Wildman–Crippen LogP) is 2.62. The van der Waals surface area contributed by atoms with E-state index < -0.39 is 17.3 Å². The van der Waals surface area contributed by atoms with Crippen LogP contribution in [0.3, 0.4) is 0 Å². The molecule has 0 aliphatic carbocycles. The standard InChI is InChI=1S/C20H19NO8/c1-26-17-6-12(20(25)28-3)13(7-18(17)27-2)21-9-10-4-19(24)29-16-8-15(23)14(22)5-11(10)16/h4-8,21-23H,9H2,1-3H3. The van der Waals surface area contributed by atoms with Crippen molar-refractivity contribution in [3.8, 4) is 23.0 Å². The third-order valence-corrected chi connectivity index (χ3v) is 4.32. The number of nitrogens with one attached hydrogen (secondary N) is 1. The van der Waals surface area contributed by atoms with Gasteiger partial charge in [0.1, 0.15) is 5.58 Å². The third-order valence-electron chi connectivity index (χ3n) is 4.32. The van der Waals surface area contributed by atoms with Crippen LogP contribution in [0.25, 0.3) is 11.0 Å². The van der Waals surface area contributed by atoms with E-state index in [4.69, 9.17) is 18.6 Å². The molecule has 0 aliphatic rings. The number of rotatable bonds is 6. The number of phenolic OH excluding ortho intramolecular Hbond substituents is 2. The van der Waals surface area contributed by atoms with E-state index in [0.717, 1.165) is 6.07 Å². The molecule has 0 atom stereocenters. The van der Waals surface area contributed by atoms with Gasteiger partial charge in [0, 0.05) is 36.2 Å². The molecule has 0 radical (unpaired) electrons. The summed E-state index contributed by atoms with van der Waals surface area (Å²) in [5, 5.41) is 22.9. The van der Waals surface area contributed by atoms with E-state index in [1.165, 1.54) is 39.5 Å². The Labute approximate surface area is 165 Å². The molecule has 0 bridgehead atoms. The van der Waals surface area contributed by atoms with Crippen LogP contribution in [-0.2, 0) is 11.3 Å². The number of aromatic hydroxyl groups is 2. The molecule has 3 N–H and O–H groups in total. The minimum absolute atomic E-state index is 0.103. The summed E-state index contributed by atoms with van der Waals surface area (Å²) >= 11 is 0. The van der Waals surface area contributed by atoms with E-state index >= 15 is 0 Å². The molecule has 0 fully saturated rings. The molecule has 9 nitrogen and oxygen atoms in total. The largest absolute Gasteiger partial charge is 0.504 e. The highest BCUT2D eigenvalue weighted by Crippen LogP contribution is 2.35. The molecule has 9 heteroatoms. The van der Waals surface area contributed by atoms with E-state index in [2.05, 4.69) is 5.32 Å².